The van der Waals surface area contributed by atoms with E-state index in [1.165, 1.54) is 19.3 Å². The molecule has 3 aliphatic rings. The lowest BCUT2D eigenvalue weighted by molar-refractivity contribution is -0.0439. The Bertz CT molecular complexity index is 1370. The highest BCUT2D eigenvalue weighted by atomic mass is 16.7. The second kappa shape index (κ2) is 9.66. The van der Waals surface area contributed by atoms with E-state index in [0.29, 0.717) is 41.1 Å². The van der Waals surface area contributed by atoms with E-state index in [9.17, 15) is 9.90 Å². The molecule has 8 heteroatoms. The van der Waals surface area contributed by atoms with Crippen molar-refractivity contribution in [3.05, 3.63) is 53.7 Å². The smallest absolute Gasteiger partial charge is 0.254 e. The van der Waals surface area contributed by atoms with Gasteiger partial charge in [0.25, 0.3) is 5.91 Å². The minimum atomic E-state index is -0.842. The normalized spacial score (nSPS) is 20.4. The van der Waals surface area contributed by atoms with Gasteiger partial charge in [-0.15, -0.1) is 0 Å². The van der Waals surface area contributed by atoms with Crippen LogP contribution in [0.1, 0.15) is 62.0 Å². The van der Waals surface area contributed by atoms with Gasteiger partial charge in [-0.1, -0.05) is 24.6 Å². The van der Waals surface area contributed by atoms with Crippen molar-refractivity contribution in [2.75, 3.05) is 20.2 Å². The summed E-state index contributed by atoms with van der Waals surface area (Å²) in [5.74, 6) is 0.538. The molecule has 200 valence electrons. The summed E-state index contributed by atoms with van der Waals surface area (Å²) in [6.45, 7) is 5.48. The summed E-state index contributed by atoms with van der Waals surface area (Å²) in [6.07, 6.45) is 5.92. The predicted molar refractivity (Wildman–Crippen MR) is 144 cm³/mol. The van der Waals surface area contributed by atoms with E-state index in [4.69, 9.17) is 19.2 Å². The van der Waals surface area contributed by atoms with Gasteiger partial charge < -0.3 is 24.2 Å². The van der Waals surface area contributed by atoms with Crippen molar-refractivity contribution in [1.82, 2.24) is 14.8 Å². The Morgan fingerprint density at radius 3 is 2.74 bits per heavy atom. The maximum atomic E-state index is 14.1. The van der Waals surface area contributed by atoms with Gasteiger partial charge in [0.05, 0.1) is 19.2 Å². The lowest BCUT2D eigenvalue weighted by atomic mass is 9.91. The topological polar surface area (TPSA) is 84.4 Å². The molecule has 0 radical (unpaired) electrons. The molecule has 6 rings (SSSR count). The highest BCUT2D eigenvalue weighted by Gasteiger charge is 2.38. The van der Waals surface area contributed by atoms with Crippen LogP contribution in [0.2, 0.25) is 0 Å². The minimum absolute atomic E-state index is 0.0915. The van der Waals surface area contributed by atoms with Crippen LogP contribution < -0.4 is 14.2 Å². The fourth-order valence-electron chi connectivity index (χ4n) is 5.91. The zero-order chi connectivity index (χ0) is 26.4. The van der Waals surface area contributed by atoms with Gasteiger partial charge in [0.15, 0.2) is 11.5 Å². The maximum Gasteiger partial charge on any atom is 0.254 e. The molecule has 1 saturated carbocycles. The van der Waals surface area contributed by atoms with Crippen LogP contribution in [0, 0.1) is 0 Å². The second-order valence-electron chi connectivity index (χ2n) is 11.1. The van der Waals surface area contributed by atoms with Crippen LogP contribution in [-0.2, 0) is 6.54 Å². The molecule has 8 nitrogen and oxygen atoms in total. The summed E-state index contributed by atoms with van der Waals surface area (Å²) in [7, 11) is 1.56. The van der Waals surface area contributed by atoms with Gasteiger partial charge >= 0.3 is 0 Å². The van der Waals surface area contributed by atoms with Gasteiger partial charge in [-0.2, -0.15) is 0 Å². The average molecular weight is 518 g/mol. The number of benzene rings is 2. The van der Waals surface area contributed by atoms with Crippen LogP contribution >= 0.6 is 0 Å². The first-order valence-corrected chi connectivity index (χ1v) is 13.5. The number of aromatic nitrogens is 1. The number of amides is 1. The van der Waals surface area contributed by atoms with Crippen LogP contribution in [0.25, 0.3) is 10.9 Å². The highest BCUT2D eigenvalue weighted by Crippen LogP contribution is 2.47. The molecule has 1 N–H and O–H groups in total. The third-order valence-electron chi connectivity index (χ3n) is 8.00. The van der Waals surface area contributed by atoms with Crippen LogP contribution in [0.5, 0.6) is 23.0 Å². The number of aromatic hydroxyl groups is 1. The highest BCUT2D eigenvalue weighted by molar-refractivity contribution is 5.96. The van der Waals surface area contributed by atoms with Crippen molar-refractivity contribution < 1.29 is 24.1 Å². The molecule has 0 bridgehead atoms. The Hall–Kier alpha value is -3.52. The average Bonchev–Trinajstić information content (AvgIpc) is 3.43. The molecule has 38 heavy (non-hydrogen) atoms. The van der Waals surface area contributed by atoms with Crippen molar-refractivity contribution in [1.29, 1.82) is 0 Å². The molecule has 2 aliphatic heterocycles. The van der Waals surface area contributed by atoms with Crippen LogP contribution in [0.4, 0.5) is 0 Å². The Morgan fingerprint density at radius 1 is 1.16 bits per heavy atom. The molecule has 2 aromatic carbocycles. The van der Waals surface area contributed by atoms with Gasteiger partial charge in [-0.05, 0) is 56.5 Å². The number of likely N-dealkylation sites (tertiary alicyclic amines) is 1. The molecule has 0 spiro atoms. The number of carbonyl (C=O) groups is 1. The number of rotatable bonds is 7. The minimum Gasteiger partial charge on any atom is -0.506 e. The summed E-state index contributed by atoms with van der Waals surface area (Å²) >= 11 is 0. The molecule has 2 fully saturated rings. The van der Waals surface area contributed by atoms with Gasteiger partial charge in [0, 0.05) is 43.4 Å². The molecular weight excluding hydrogens is 482 g/mol. The largest absolute Gasteiger partial charge is 0.506 e. The number of ether oxygens (including phenoxy) is 3. The monoisotopic (exact) mass is 517 g/mol. The molecule has 1 aliphatic carbocycles. The predicted octanol–water partition coefficient (Wildman–Crippen LogP) is 5.12. The molecule has 1 aromatic heterocycles. The SMILES string of the molecule is COc1cc(C(=O)N(Cc2nc3ccccc3cc2O)C[C@@H]2CCCN2C2CCC2)cc2c1OC(C)(C)O2. The molecule has 1 amide bonds. The summed E-state index contributed by atoms with van der Waals surface area (Å²) in [4.78, 5) is 23.3. The molecule has 1 saturated heterocycles. The Kier molecular flexibility index (Phi) is 6.30. The fraction of sp³-hybridized carbons (Fsp3) is 0.467. The Balaban J connectivity index is 1.35. The summed E-state index contributed by atoms with van der Waals surface area (Å²) in [5, 5.41) is 11.7. The van der Waals surface area contributed by atoms with Crippen molar-refractivity contribution in [3.63, 3.8) is 0 Å². The third-order valence-corrected chi connectivity index (χ3v) is 8.00. The molecule has 3 heterocycles. The van der Waals surface area contributed by atoms with E-state index in [0.717, 1.165) is 30.3 Å². The fourth-order valence-corrected chi connectivity index (χ4v) is 5.91. The number of nitrogens with zero attached hydrogens (tertiary/aromatic N) is 3. The third kappa shape index (κ3) is 4.62. The standard InChI is InChI=1S/C30H35N3O5/c1-30(2)37-27-16-20(15-26(36-3)28(27)38-30)29(35)32(17-22-11-7-13-33(22)21-9-6-10-21)18-24-25(34)14-19-8-4-5-12-23(19)31-24/h4-5,8,12,14-16,21-22,34H,6-7,9-11,13,17-18H2,1-3H3/t22-/m0/s1. The second-order valence-corrected chi connectivity index (χ2v) is 11.1. The van der Waals surface area contributed by atoms with Crippen LogP contribution in [0.15, 0.2) is 42.5 Å². The number of methoxy groups -OCH3 is 1. The van der Waals surface area contributed by atoms with Crippen LogP contribution in [-0.4, -0.2) is 63.9 Å². The number of hydrogen-bond donors (Lipinski definition) is 1. The first-order chi connectivity index (χ1) is 18.3. The first-order valence-electron chi connectivity index (χ1n) is 13.5. The lowest BCUT2D eigenvalue weighted by Gasteiger charge is -2.40. The zero-order valence-corrected chi connectivity index (χ0v) is 22.3. The van der Waals surface area contributed by atoms with Gasteiger partial charge in [-0.3, -0.25) is 9.69 Å². The number of carbonyl (C=O) groups excluding carboxylic acids is 1. The molecule has 3 aromatic rings. The van der Waals surface area contributed by atoms with Gasteiger partial charge in [0.1, 0.15) is 11.4 Å². The summed E-state index contributed by atoms with van der Waals surface area (Å²) in [5.41, 5.74) is 1.73. The van der Waals surface area contributed by atoms with Gasteiger partial charge in [-0.25, -0.2) is 4.98 Å². The number of fused-ring (bicyclic) bond motifs is 2. The summed E-state index contributed by atoms with van der Waals surface area (Å²) in [6, 6.07) is 13.7. The van der Waals surface area contributed by atoms with E-state index >= 15 is 0 Å². The maximum absolute atomic E-state index is 14.1. The van der Waals surface area contributed by atoms with Gasteiger partial charge in [0.2, 0.25) is 11.5 Å². The van der Waals surface area contributed by atoms with Crippen molar-refractivity contribution >= 4 is 16.8 Å². The first kappa shape index (κ1) is 24.8. The molecule has 0 unspecified atom stereocenters. The quantitative estimate of drug-likeness (QED) is 0.466. The van der Waals surface area contributed by atoms with E-state index in [1.54, 1.807) is 25.3 Å². The van der Waals surface area contributed by atoms with E-state index in [2.05, 4.69) is 4.90 Å². The van der Waals surface area contributed by atoms with Crippen molar-refractivity contribution in [3.8, 4) is 23.0 Å². The molecule has 1 atom stereocenters. The Labute approximate surface area is 223 Å². The van der Waals surface area contributed by atoms with E-state index < -0.39 is 5.79 Å². The lowest BCUT2D eigenvalue weighted by Crippen LogP contribution is -2.48. The zero-order valence-electron chi connectivity index (χ0n) is 22.3. The Morgan fingerprint density at radius 2 is 1.97 bits per heavy atom. The van der Waals surface area contributed by atoms with Crippen molar-refractivity contribution in [2.24, 2.45) is 0 Å². The van der Waals surface area contributed by atoms with E-state index in [1.807, 2.05) is 43.0 Å². The number of pyridine rings is 1. The number of hydrogen-bond acceptors (Lipinski definition) is 7. The van der Waals surface area contributed by atoms with Crippen LogP contribution in [0.3, 0.4) is 0 Å². The molecular formula is C30H35N3O5. The summed E-state index contributed by atoms with van der Waals surface area (Å²) < 4.78 is 17.4. The number of para-hydroxylation sites is 1. The van der Waals surface area contributed by atoms with E-state index in [-0.39, 0.29) is 24.2 Å². The van der Waals surface area contributed by atoms with Crippen molar-refractivity contribution in [2.45, 2.75) is 70.4 Å².